The normalized spacial score (nSPS) is 12.9. The van der Waals surface area contributed by atoms with E-state index in [2.05, 4.69) is 5.32 Å². The average Bonchev–Trinajstić information content (AvgIpc) is 3.01. The van der Waals surface area contributed by atoms with Crippen LogP contribution in [-0.4, -0.2) is 19.6 Å². The summed E-state index contributed by atoms with van der Waals surface area (Å²) in [7, 11) is -3.65. The Morgan fingerprint density at radius 1 is 1.33 bits per heavy atom. The van der Waals surface area contributed by atoms with E-state index in [4.69, 9.17) is 5.73 Å². The van der Waals surface area contributed by atoms with Gasteiger partial charge in [-0.15, -0.1) is 11.3 Å². The van der Waals surface area contributed by atoms with Gasteiger partial charge in [-0.1, -0.05) is 18.2 Å². The van der Waals surface area contributed by atoms with E-state index in [9.17, 15) is 13.2 Å². The Morgan fingerprint density at radius 2 is 2.10 bits per heavy atom. The summed E-state index contributed by atoms with van der Waals surface area (Å²) in [4.78, 5) is 12.1. The molecule has 21 heavy (non-hydrogen) atoms. The molecule has 0 saturated carbocycles. The summed E-state index contributed by atoms with van der Waals surface area (Å²) in [5.74, 6) is -0.558. The van der Waals surface area contributed by atoms with Gasteiger partial charge in [0.1, 0.15) is 9.46 Å². The summed E-state index contributed by atoms with van der Waals surface area (Å²) in [6.07, 6.45) is 0. The van der Waals surface area contributed by atoms with Gasteiger partial charge in [-0.3, -0.25) is 4.79 Å². The van der Waals surface area contributed by atoms with Crippen LogP contribution in [0.1, 0.15) is 12.5 Å². The molecule has 3 N–H and O–H groups in total. The van der Waals surface area contributed by atoms with Crippen molar-refractivity contribution < 1.29 is 13.2 Å². The lowest BCUT2D eigenvalue weighted by Gasteiger charge is -2.12. The minimum atomic E-state index is -3.65. The van der Waals surface area contributed by atoms with Gasteiger partial charge >= 0.3 is 0 Å². The molecule has 0 saturated heterocycles. The predicted molar refractivity (Wildman–Crippen MR) is 83.9 cm³/mol. The highest BCUT2D eigenvalue weighted by Gasteiger charge is 2.30. The molecule has 1 atom stereocenters. The standard InChI is InChI=1S/C14H16N2O3S2/c1-10(21(18,19)13-6-3-7-20-13)14(17)16-12-5-2-4-11(8-12)9-15/h2-8,10H,9,15H2,1H3,(H,16,17). The Balaban J connectivity index is 2.16. The topological polar surface area (TPSA) is 89.3 Å². The van der Waals surface area contributed by atoms with Crippen LogP contribution in [0.4, 0.5) is 5.69 Å². The first kappa shape index (κ1) is 15.7. The molecule has 2 rings (SSSR count). The van der Waals surface area contributed by atoms with Gasteiger partial charge in [0.05, 0.1) is 0 Å². The first-order valence-electron chi connectivity index (χ1n) is 6.32. The molecule has 0 bridgehead atoms. The Morgan fingerprint density at radius 3 is 2.71 bits per heavy atom. The molecule has 0 radical (unpaired) electrons. The Bertz CT molecular complexity index is 724. The van der Waals surface area contributed by atoms with E-state index in [0.717, 1.165) is 16.9 Å². The maximum Gasteiger partial charge on any atom is 0.242 e. The van der Waals surface area contributed by atoms with Crippen molar-refractivity contribution in [1.82, 2.24) is 0 Å². The highest BCUT2D eigenvalue weighted by molar-refractivity contribution is 7.94. The highest BCUT2D eigenvalue weighted by Crippen LogP contribution is 2.22. The molecule has 5 nitrogen and oxygen atoms in total. The lowest BCUT2D eigenvalue weighted by molar-refractivity contribution is -0.115. The number of amides is 1. The zero-order chi connectivity index (χ0) is 15.5. The molecule has 0 aliphatic rings. The fourth-order valence-corrected chi connectivity index (χ4v) is 4.30. The van der Waals surface area contributed by atoms with Crippen LogP contribution < -0.4 is 11.1 Å². The molecule has 1 amide bonds. The molecule has 1 aromatic carbocycles. The van der Waals surface area contributed by atoms with Gasteiger partial charge in [0.2, 0.25) is 5.91 Å². The highest BCUT2D eigenvalue weighted by atomic mass is 32.2. The Hall–Kier alpha value is -1.70. The molecule has 0 fully saturated rings. The fraction of sp³-hybridized carbons (Fsp3) is 0.214. The van der Waals surface area contributed by atoms with Crippen molar-refractivity contribution in [2.24, 2.45) is 5.73 Å². The van der Waals surface area contributed by atoms with Crippen molar-refractivity contribution in [3.8, 4) is 0 Å². The number of carbonyl (C=O) groups is 1. The molecule has 1 unspecified atom stereocenters. The van der Waals surface area contributed by atoms with Crippen LogP contribution in [0, 0.1) is 0 Å². The number of carbonyl (C=O) groups excluding carboxylic acids is 1. The van der Waals surface area contributed by atoms with E-state index >= 15 is 0 Å². The van der Waals surface area contributed by atoms with Gasteiger partial charge in [0.25, 0.3) is 0 Å². The number of hydrogen-bond donors (Lipinski definition) is 2. The minimum Gasteiger partial charge on any atom is -0.326 e. The lowest BCUT2D eigenvalue weighted by Crippen LogP contribution is -2.32. The van der Waals surface area contributed by atoms with Crippen LogP contribution in [0.15, 0.2) is 46.0 Å². The van der Waals surface area contributed by atoms with Crippen molar-refractivity contribution in [2.45, 2.75) is 22.9 Å². The van der Waals surface area contributed by atoms with E-state index < -0.39 is 21.0 Å². The number of thiophene rings is 1. The molecule has 1 heterocycles. The molecular weight excluding hydrogens is 308 g/mol. The van der Waals surface area contributed by atoms with Gasteiger partial charge in [0.15, 0.2) is 9.84 Å². The van der Waals surface area contributed by atoms with Crippen LogP contribution in [0.3, 0.4) is 0 Å². The number of nitrogens with two attached hydrogens (primary N) is 1. The number of hydrogen-bond acceptors (Lipinski definition) is 5. The van der Waals surface area contributed by atoms with E-state index in [1.165, 1.54) is 13.0 Å². The summed E-state index contributed by atoms with van der Waals surface area (Å²) in [5.41, 5.74) is 6.94. The molecule has 1 aromatic heterocycles. The third-order valence-corrected chi connectivity index (χ3v) is 6.53. The zero-order valence-corrected chi connectivity index (χ0v) is 13.1. The maximum absolute atomic E-state index is 12.3. The van der Waals surface area contributed by atoms with Gasteiger partial charge < -0.3 is 11.1 Å². The first-order valence-corrected chi connectivity index (χ1v) is 8.75. The number of benzene rings is 1. The minimum absolute atomic E-state index is 0.195. The second-order valence-electron chi connectivity index (χ2n) is 4.51. The van der Waals surface area contributed by atoms with E-state index in [0.29, 0.717) is 12.2 Å². The van der Waals surface area contributed by atoms with Crippen LogP contribution in [-0.2, 0) is 21.2 Å². The summed E-state index contributed by atoms with van der Waals surface area (Å²) >= 11 is 1.10. The second kappa shape index (κ2) is 6.38. The van der Waals surface area contributed by atoms with E-state index in [1.807, 2.05) is 6.07 Å². The molecule has 2 aromatic rings. The third-order valence-electron chi connectivity index (χ3n) is 3.04. The van der Waals surface area contributed by atoms with E-state index in [-0.39, 0.29) is 4.21 Å². The maximum atomic E-state index is 12.3. The molecule has 112 valence electrons. The van der Waals surface area contributed by atoms with Gasteiger partial charge in [-0.05, 0) is 36.1 Å². The quantitative estimate of drug-likeness (QED) is 0.880. The number of sulfone groups is 1. The van der Waals surface area contributed by atoms with Crippen molar-refractivity contribution in [3.63, 3.8) is 0 Å². The molecular formula is C14H16N2O3S2. The largest absolute Gasteiger partial charge is 0.326 e. The molecule has 7 heteroatoms. The third kappa shape index (κ3) is 3.49. The average molecular weight is 324 g/mol. The smallest absolute Gasteiger partial charge is 0.242 e. The lowest BCUT2D eigenvalue weighted by atomic mass is 10.2. The van der Waals surface area contributed by atoms with Gasteiger partial charge in [-0.2, -0.15) is 0 Å². The number of rotatable bonds is 5. The Labute approximate surface area is 127 Å². The Kier molecular flexibility index (Phi) is 4.76. The summed E-state index contributed by atoms with van der Waals surface area (Å²) in [6.45, 7) is 1.74. The van der Waals surface area contributed by atoms with Crippen molar-refractivity contribution >= 4 is 32.8 Å². The molecule has 0 spiro atoms. The second-order valence-corrected chi connectivity index (χ2v) is 7.96. The summed E-state index contributed by atoms with van der Waals surface area (Å²) in [5, 5.41) is 3.13. The van der Waals surface area contributed by atoms with Crippen LogP contribution >= 0.6 is 11.3 Å². The van der Waals surface area contributed by atoms with Crippen molar-refractivity contribution in [3.05, 3.63) is 47.3 Å². The first-order chi connectivity index (χ1) is 9.95. The zero-order valence-electron chi connectivity index (χ0n) is 11.4. The number of nitrogens with one attached hydrogen (secondary N) is 1. The monoisotopic (exact) mass is 324 g/mol. The molecule has 0 aliphatic heterocycles. The van der Waals surface area contributed by atoms with Crippen LogP contribution in [0.5, 0.6) is 0 Å². The van der Waals surface area contributed by atoms with Crippen LogP contribution in [0.2, 0.25) is 0 Å². The number of anilines is 1. The van der Waals surface area contributed by atoms with Gasteiger partial charge in [-0.25, -0.2) is 8.42 Å². The fourth-order valence-electron chi connectivity index (χ4n) is 1.76. The van der Waals surface area contributed by atoms with Crippen molar-refractivity contribution in [2.75, 3.05) is 5.32 Å². The van der Waals surface area contributed by atoms with Crippen molar-refractivity contribution in [1.29, 1.82) is 0 Å². The van der Waals surface area contributed by atoms with Crippen LogP contribution in [0.25, 0.3) is 0 Å². The summed E-state index contributed by atoms with van der Waals surface area (Å²) in [6, 6.07) is 10.2. The summed E-state index contributed by atoms with van der Waals surface area (Å²) < 4.78 is 24.8. The molecule has 0 aliphatic carbocycles. The SMILES string of the molecule is CC(C(=O)Nc1cccc(CN)c1)S(=O)(=O)c1cccs1. The van der Waals surface area contributed by atoms with Gasteiger partial charge in [0, 0.05) is 12.2 Å². The van der Waals surface area contributed by atoms with E-state index in [1.54, 1.807) is 29.6 Å². The predicted octanol–water partition coefficient (Wildman–Crippen LogP) is 2.01.